The summed E-state index contributed by atoms with van der Waals surface area (Å²) < 4.78 is 26.3. The van der Waals surface area contributed by atoms with E-state index in [9.17, 15) is 18.4 Å². The molecule has 0 aromatic heterocycles. The number of hydrogen-bond acceptors (Lipinski definition) is 3. The van der Waals surface area contributed by atoms with Crippen molar-refractivity contribution in [2.75, 3.05) is 39.3 Å². The van der Waals surface area contributed by atoms with Crippen molar-refractivity contribution < 1.29 is 18.4 Å². The van der Waals surface area contributed by atoms with Crippen molar-refractivity contribution in [1.29, 1.82) is 0 Å². The molecule has 0 radical (unpaired) electrons. The number of piperidine rings is 1. The molecule has 0 aliphatic carbocycles. The summed E-state index contributed by atoms with van der Waals surface area (Å²) in [4.78, 5) is 32.1. The molecule has 0 N–H and O–H groups in total. The summed E-state index contributed by atoms with van der Waals surface area (Å²) in [5.41, 5.74) is 1.85. The summed E-state index contributed by atoms with van der Waals surface area (Å²) in [6.45, 7) is 4.93. The third kappa shape index (κ3) is 6.38. The quantitative estimate of drug-likeness (QED) is 0.694. The minimum atomic E-state index is -0.316. The van der Waals surface area contributed by atoms with Crippen LogP contribution in [0.1, 0.15) is 30.4 Å². The molecule has 33 heavy (non-hydrogen) atoms. The van der Waals surface area contributed by atoms with Gasteiger partial charge < -0.3 is 9.80 Å². The lowest BCUT2D eigenvalue weighted by Gasteiger charge is -2.35. The molecule has 2 aromatic rings. The Hall–Kier alpha value is -2.80. The number of carbonyl (C=O) groups is 2. The molecule has 0 spiro atoms. The fourth-order valence-electron chi connectivity index (χ4n) is 4.75. The van der Waals surface area contributed by atoms with Gasteiger partial charge in [-0.2, -0.15) is 0 Å². The Bertz CT molecular complexity index is 949. The third-order valence-electron chi connectivity index (χ3n) is 6.61. The topological polar surface area (TPSA) is 43.9 Å². The number of amides is 2. The molecule has 176 valence electrons. The predicted octanol–water partition coefficient (Wildman–Crippen LogP) is 3.48. The van der Waals surface area contributed by atoms with Crippen molar-refractivity contribution in [2.45, 2.75) is 32.2 Å². The Morgan fingerprint density at radius 2 is 1.39 bits per heavy atom. The molecule has 2 aliphatic rings. The highest BCUT2D eigenvalue weighted by molar-refractivity contribution is 5.82. The van der Waals surface area contributed by atoms with Gasteiger partial charge in [0.25, 0.3) is 0 Å². The monoisotopic (exact) mass is 455 g/mol. The van der Waals surface area contributed by atoms with Crippen LogP contribution in [0.5, 0.6) is 0 Å². The van der Waals surface area contributed by atoms with E-state index in [-0.39, 0.29) is 35.8 Å². The third-order valence-corrected chi connectivity index (χ3v) is 6.61. The van der Waals surface area contributed by atoms with Crippen LogP contribution in [0.25, 0.3) is 0 Å². The normalized spacial score (nSPS) is 19.9. The Balaban J connectivity index is 1.29. The van der Waals surface area contributed by atoms with Gasteiger partial charge in [-0.1, -0.05) is 24.3 Å². The minimum absolute atomic E-state index is 0.0135. The van der Waals surface area contributed by atoms with E-state index in [1.165, 1.54) is 24.3 Å². The van der Waals surface area contributed by atoms with Crippen molar-refractivity contribution in [3.63, 3.8) is 0 Å². The van der Waals surface area contributed by atoms with Crippen LogP contribution in [0, 0.1) is 17.6 Å². The second-order valence-corrected chi connectivity index (χ2v) is 9.06. The van der Waals surface area contributed by atoms with Crippen LogP contribution in [0.3, 0.4) is 0 Å². The molecule has 2 heterocycles. The van der Waals surface area contributed by atoms with Crippen molar-refractivity contribution in [2.24, 2.45) is 5.92 Å². The summed E-state index contributed by atoms with van der Waals surface area (Å²) in [5.74, 6) is -0.592. The number of rotatable bonds is 5. The van der Waals surface area contributed by atoms with E-state index in [0.29, 0.717) is 19.6 Å². The van der Waals surface area contributed by atoms with E-state index in [4.69, 9.17) is 0 Å². The molecule has 2 amide bonds. The van der Waals surface area contributed by atoms with Gasteiger partial charge in [-0.05, 0) is 54.7 Å². The summed E-state index contributed by atoms with van der Waals surface area (Å²) in [5, 5.41) is 0. The largest absolute Gasteiger partial charge is 0.342 e. The van der Waals surface area contributed by atoms with Gasteiger partial charge in [-0.3, -0.25) is 14.5 Å². The molecule has 0 bridgehead atoms. The van der Waals surface area contributed by atoms with Gasteiger partial charge in [0.2, 0.25) is 11.8 Å². The Morgan fingerprint density at radius 1 is 0.758 bits per heavy atom. The lowest BCUT2D eigenvalue weighted by atomic mass is 9.95. The number of halogens is 2. The van der Waals surface area contributed by atoms with E-state index >= 15 is 0 Å². The van der Waals surface area contributed by atoms with Crippen LogP contribution in [0.4, 0.5) is 8.78 Å². The summed E-state index contributed by atoms with van der Waals surface area (Å²) in [6.07, 6.45) is 2.74. The highest BCUT2D eigenvalue weighted by atomic mass is 19.1. The standard InChI is InChI=1S/C26H31F2N3O2/c27-23-8-4-20(5-9-23)17-25(32)31-13-1-3-22(19-31)26(33)30-14-2-12-29(15-16-30)18-21-6-10-24(28)11-7-21/h4-11,22H,1-3,12-19H2. The van der Waals surface area contributed by atoms with E-state index in [0.717, 1.165) is 56.6 Å². The fourth-order valence-corrected chi connectivity index (χ4v) is 4.75. The molecule has 5 nitrogen and oxygen atoms in total. The lowest BCUT2D eigenvalue weighted by molar-refractivity contribution is -0.140. The van der Waals surface area contributed by atoms with Crippen LogP contribution < -0.4 is 0 Å². The van der Waals surface area contributed by atoms with Gasteiger partial charge in [-0.25, -0.2) is 8.78 Å². The lowest BCUT2D eigenvalue weighted by Crippen LogP contribution is -2.47. The second-order valence-electron chi connectivity index (χ2n) is 9.06. The molecule has 1 atom stereocenters. The maximum absolute atomic E-state index is 13.3. The number of nitrogens with zero attached hydrogens (tertiary/aromatic N) is 3. The summed E-state index contributed by atoms with van der Waals surface area (Å²) >= 11 is 0. The Labute approximate surface area is 194 Å². The Morgan fingerprint density at radius 3 is 2.09 bits per heavy atom. The van der Waals surface area contributed by atoms with E-state index in [1.807, 2.05) is 17.0 Å². The maximum atomic E-state index is 13.3. The molecule has 4 rings (SSSR count). The van der Waals surface area contributed by atoms with Gasteiger partial charge in [-0.15, -0.1) is 0 Å². The molecule has 7 heteroatoms. The zero-order chi connectivity index (χ0) is 23.2. The van der Waals surface area contributed by atoms with Gasteiger partial charge in [0.1, 0.15) is 11.6 Å². The van der Waals surface area contributed by atoms with Crippen LogP contribution in [0.2, 0.25) is 0 Å². The first-order chi connectivity index (χ1) is 16.0. The van der Waals surface area contributed by atoms with Crippen LogP contribution in [-0.4, -0.2) is 65.8 Å². The average Bonchev–Trinajstić information content (AvgIpc) is 3.07. The Kier molecular flexibility index (Phi) is 7.70. The number of carbonyl (C=O) groups excluding carboxylic acids is 2. The van der Waals surface area contributed by atoms with Gasteiger partial charge in [0.05, 0.1) is 12.3 Å². The smallest absolute Gasteiger partial charge is 0.227 e. The molecule has 2 saturated heterocycles. The molecule has 2 aromatic carbocycles. The van der Waals surface area contributed by atoms with Crippen LogP contribution in [0.15, 0.2) is 48.5 Å². The van der Waals surface area contributed by atoms with Gasteiger partial charge >= 0.3 is 0 Å². The highest BCUT2D eigenvalue weighted by Crippen LogP contribution is 2.21. The van der Waals surface area contributed by atoms with Gasteiger partial charge in [0.15, 0.2) is 0 Å². The SMILES string of the molecule is O=C(Cc1ccc(F)cc1)N1CCCC(C(=O)N2CCCN(Cc3ccc(F)cc3)CC2)C1. The maximum Gasteiger partial charge on any atom is 0.227 e. The zero-order valence-electron chi connectivity index (χ0n) is 18.9. The predicted molar refractivity (Wildman–Crippen MR) is 122 cm³/mol. The highest BCUT2D eigenvalue weighted by Gasteiger charge is 2.32. The molecule has 2 fully saturated rings. The molecule has 1 unspecified atom stereocenters. The van der Waals surface area contributed by atoms with Crippen molar-refractivity contribution in [3.8, 4) is 0 Å². The number of likely N-dealkylation sites (tertiary alicyclic amines) is 1. The molecular weight excluding hydrogens is 424 g/mol. The minimum Gasteiger partial charge on any atom is -0.342 e. The van der Waals surface area contributed by atoms with Crippen LogP contribution in [-0.2, 0) is 22.6 Å². The molecule has 2 aliphatic heterocycles. The first kappa shape index (κ1) is 23.4. The molecule has 0 saturated carbocycles. The summed E-state index contributed by atoms with van der Waals surface area (Å²) in [6, 6.07) is 12.6. The number of benzene rings is 2. The van der Waals surface area contributed by atoms with Crippen LogP contribution >= 0.6 is 0 Å². The van der Waals surface area contributed by atoms with Crippen molar-refractivity contribution >= 4 is 11.8 Å². The van der Waals surface area contributed by atoms with E-state index in [1.54, 1.807) is 17.0 Å². The van der Waals surface area contributed by atoms with Crippen molar-refractivity contribution in [3.05, 3.63) is 71.3 Å². The first-order valence-corrected chi connectivity index (χ1v) is 11.8. The zero-order valence-corrected chi connectivity index (χ0v) is 18.9. The second kappa shape index (κ2) is 10.9. The average molecular weight is 456 g/mol. The van der Waals surface area contributed by atoms with E-state index in [2.05, 4.69) is 4.90 Å². The fraction of sp³-hybridized carbons (Fsp3) is 0.462. The van der Waals surface area contributed by atoms with Crippen molar-refractivity contribution in [1.82, 2.24) is 14.7 Å². The van der Waals surface area contributed by atoms with Gasteiger partial charge in [0, 0.05) is 45.8 Å². The first-order valence-electron chi connectivity index (χ1n) is 11.8. The number of hydrogen-bond donors (Lipinski definition) is 0. The molecular formula is C26H31F2N3O2. The summed E-state index contributed by atoms with van der Waals surface area (Å²) in [7, 11) is 0. The van der Waals surface area contributed by atoms with E-state index < -0.39 is 0 Å².